The third-order valence-corrected chi connectivity index (χ3v) is 7.53. The second kappa shape index (κ2) is 8.27. The van der Waals surface area contributed by atoms with Crippen LogP contribution in [0.2, 0.25) is 0 Å². The second-order valence-corrected chi connectivity index (χ2v) is 10.2. The normalized spacial score (nSPS) is 32.9. The first-order valence-electron chi connectivity index (χ1n) is 10.9. The van der Waals surface area contributed by atoms with Crippen molar-refractivity contribution < 1.29 is 50.1 Å². The maximum atomic E-state index is 13.8. The van der Waals surface area contributed by atoms with E-state index in [1.165, 1.54) is 13.8 Å². The van der Waals surface area contributed by atoms with Crippen molar-refractivity contribution in [2.75, 3.05) is 6.61 Å². The maximum absolute atomic E-state index is 13.8. The molecule has 0 aromatic heterocycles. The van der Waals surface area contributed by atoms with Gasteiger partial charge in [-0.3, -0.25) is 0 Å². The lowest BCUT2D eigenvalue weighted by atomic mass is 9.48. The van der Waals surface area contributed by atoms with Crippen LogP contribution < -0.4 is 0 Å². The highest BCUT2D eigenvalue weighted by molar-refractivity contribution is 5.87. The second-order valence-electron chi connectivity index (χ2n) is 10.2. The number of hydrogen-bond donors (Lipinski definition) is 0. The lowest BCUT2D eigenvalue weighted by molar-refractivity contribution is -0.388. The van der Waals surface area contributed by atoms with Crippen LogP contribution in [0.4, 0.5) is 26.3 Å². The van der Waals surface area contributed by atoms with Gasteiger partial charge in [0.25, 0.3) is 0 Å². The van der Waals surface area contributed by atoms with Crippen molar-refractivity contribution in [2.24, 2.45) is 17.8 Å². The minimum absolute atomic E-state index is 0.114. The maximum Gasteiger partial charge on any atom is 0.440 e. The van der Waals surface area contributed by atoms with Crippen LogP contribution in [-0.4, -0.2) is 47.7 Å². The van der Waals surface area contributed by atoms with E-state index in [2.05, 4.69) is 17.9 Å². The van der Waals surface area contributed by atoms with Gasteiger partial charge in [-0.25, -0.2) is 9.59 Å². The van der Waals surface area contributed by atoms with Crippen molar-refractivity contribution in [2.45, 2.75) is 82.0 Å². The molecule has 192 valence electrons. The lowest BCUT2D eigenvalue weighted by Gasteiger charge is -2.63. The number of halogens is 6. The van der Waals surface area contributed by atoms with Crippen LogP contribution in [0, 0.1) is 17.8 Å². The van der Waals surface area contributed by atoms with Gasteiger partial charge in [0.2, 0.25) is 0 Å². The molecule has 0 heterocycles. The molecule has 4 aliphatic carbocycles. The smallest absolute Gasteiger partial charge is 0.440 e. The molecule has 4 aliphatic rings. The molecule has 0 N–H and O–H groups in total. The number of hydrogen-bond acceptors (Lipinski definition) is 5. The number of carbonyl (C=O) groups excluding carboxylic acids is 2. The van der Waals surface area contributed by atoms with Crippen molar-refractivity contribution in [1.82, 2.24) is 0 Å². The van der Waals surface area contributed by atoms with Crippen LogP contribution in [-0.2, 0) is 23.8 Å². The van der Waals surface area contributed by atoms with Gasteiger partial charge in [0.15, 0.2) is 0 Å². The van der Waals surface area contributed by atoms with Gasteiger partial charge in [-0.1, -0.05) is 13.2 Å². The van der Waals surface area contributed by atoms with Gasteiger partial charge in [-0.05, 0) is 70.6 Å². The van der Waals surface area contributed by atoms with Crippen molar-refractivity contribution >= 4 is 11.9 Å². The molecule has 5 nitrogen and oxygen atoms in total. The summed E-state index contributed by atoms with van der Waals surface area (Å²) in [6, 6.07) is 0. The molecule has 4 saturated carbocycles. The van der Waals surface area contributed by atoms with Crippen molar-refractivity contribution in [3.05, 3.63) is 24.3 Å². The monoisotopic (exact) mass is 498 g/mol. The Morgan fingerprint density at radius 1 is 0.882 bits per heavy atom. The van der Waals surface area contributed by atoms with E-state index in [9.17, 15) is 35.9 Å². The first kappa shape index (κ1) is 26.6. The summed E-state index contributed by atoms with van der Waals surface area (Å²) in [5, 5.41) is 0. The standard InChI is InChI=1S/C23H28F6O5/c1-12(2)17(30)33-20-8-14-6-15(9-20)19(5,16(7-14)10-20)32-11-21(22(24,25)26,23(27,28)29)34-18(31)13(3)4/h14-16H,1,3,6-11H2,2,4-5H3. The zero-order valence-electron chi connectivity index (χ0n) is 19.2. The van der Waals surface area contributed by atoms with Gasteiger partial charge >= 0.3 is 29.9 Å². The van der Waals surface area contributed by atoms with Crippen LogP contribution in [0.1, 0.15) is 52.9 Å². The van der Waals surface area contributed by atoms with E-state index in [1.807, 2.05) is 0 Å². The van der Waals surface area contributed by atoms with E-state index in [1.54, 1.807) is 0 Å². The van der Waals surface area contributed by atoms with Crippen LogP contribution >= 0.6 is 0 Å². The minimum atomic E-state index is -5.99. The topological polar surface area (TPSA) is 61.8 Å². The van der Waals surface area contributed by atoms with Crippen molar-refractivity contribution in [3.63, 3.8) is 0 Å². The summed E-state index contributed by atoms with van der Waals surface area (Å²) in [6.45, 7) is 8.63. The number of ether oxygens (including phenoxy) is 3. The Hall–Kier alpha value is -2.04. The summed E-state index contributed by atoms with van der Waals surface area (Å²) in [7, 11) is 0. The molecule has 34 heavy (non-hydrogen) atoms. The average Bonchev–Trinajstić information content (AvgIpc) is 2.66. The highest BCUT2D eigenvalue weighted by Gasteiger charge is 2.75. The third-order valence-electron chi connectivity index (χ3n) is 7.53. The Balaban J connectivity index is 1.89. The van der Waals surface area contributed by atoms with Gasteiger partial charge < -0.3 is 14.2 Å². The molecule has 4 rings (SSSR count). The molecule has 0 amide bonds. The average molecular weight is 498 g/mol. The summed E-state index contributed by atoms with van der Waals surface area (Å²) in [5.74, 6) is -3.16. The summed E-state index contributed by atoms with van der Waals surface area (Å²) >= 11 is 0. The van der Waals surface area contributed by atoms with E-state index < -0.39 is 65.1 Å². The summed E-state index contributed by atoms with van der Waals surface area (Å²) < 4.78 is 98.3. The van der Waals surface area contributed by atoms with Gasteiger partial charge in [0, 0.05) is 11.1 Å². The van der Waals surface area contributed by atoms with E-state index in [0.717, 1.165) is 6.92 Å². The van der Waals surface area contributed by atoms with E-state index in [0.29, 0.717) is 19.3 Å². The lowest BCUT2D eigenvalue weighted by Crippen LogP contribution is -2.67. The summed E-state index contributed by atoms with van der Waals surface area (Å²) in [5.41, 5.74) is -7.45. The van der Waals surface area contributed by atoms with Gasteiger partial charge in [0.05, 0.1) is 5.60 Å². The number of alkyl halides is 6. The van der Waals surface area contributed by atoms with Gasteiger partial charge in [-0.2, -0.15) is 26.3 Å². The number of rotatable bonds is 7. The quantitative estimate of drug-likeness (QED) is 0.266. The molecule has 0 spiro atoms. The molecule has 0 radical (unpaired) electrons. The van der Waals surface area contributed by atoms with Crippen LogP contribution in [0.25, 0.3) is 0 Å². The molecule has 4 fully saturated rings. The molecule has 4 bridgehead atoms. The first-order chi connectivity index (χ1) is 15.4. The molecular weight excluding hydrogens is 470 g/mol. The summed E-state index contributed by atoms with van der Waals surface area (Å²) in [4.78, 5) is 24.0. The fraction of sp³-hybridized carbons (Fsp3) is 0.739. The predicted molar refractivity (Wildman–Crippen MR) is 107 cm³/mol. The van der Waals surface area contributed by atoms with E-state index in [-0.39, 0.29) is 24.3 Å². The van der Waals surface area contributed by atoms with Gasteiger partial charge in [0.1, 0.15) is 12.2 Å². The molecule has 0 aromatic rings. The molecule has 2 unspecified atom stereocenters. The zero-order valence-corrected chi connectivity index (χ0v) is 19.2. The predicted octanol–water partition coefficient (Wildman–Crippen LogP) is 5.44. The van der Waals surface area contributed by atoms with Crippen LogP contribution in [0.5, 0.6) is 0 Å². The molecule has 11 heteroatoms. The van der Waals surface area contributed by atoms with E-state index in [4.69, 9.17) is 9.47 Å². The SMILES string of the molecule is C=C(C)C(=O)OC12CC3CC(C1)C(C)(OCC(OC(=O)C(=C)C)(C(F)(F)F)C(F)(F)F)C(C3)C2. The fourth-order valence-corrected chi connectivity index (χ4v) is 5.73. The minimum Gasteiger partial charge on any atom is -0.456 e. The first-order valence-corrected chi connectivity index (χ1v) is 10.9. The largest absolute Gasteiger partial charge is 0.456 e. The Labute approximate surface area is 193 Å². The molecule has 0 aliphatic heterocycles. The van der Waals surface area contributed by atoms with E-state index >= 15 is 0 Å². The zero-order chi connectivity index (χ0) is 25.9. The Morgan fingerprint density at radius 2 is 1.35 bits per heavy atom. The fourth-order valence-electron chi connectivity index (χ4n) is 5.73. The highest BCUT2D eigenvalue weighted by atomic mass is 19.4. The molecule has 0 saturated heterocycles. The summed E-state index contributed by atoms with van der Waals surface area (Å²) in [6.07, 6.45) is -9.84. The molecule has 0 aromatic carbocycles. The Kier molecular flexibility index (Phi) is 6.46. The Bertz CT molecular complexity index is 859. The number of carbonyl (C=O) groups is 2. The van der Waals surface area contributed by atoms with Crippen molar-refractivity contribution in [3.8, 4) is 0 Å². The molecule has 2 atom stereocenters. The highest BCUT2D eigenvalue weighted by Crippen LogP contribution is 2.62. The van der Waals surface area contributed by atoms with Crippen LogP contribution in [0.15, 0.2) is 24.3 Å². The number of esters is 2. The Morgan fingerprint density at radius 3 is 1.76 bits per heavy atom. The third kappa shape index (κ3) is 4.35. The van der Waals surface area contributed by atoms with Crippen molar-refractivity contribution in [1.29, 1.82) is 0 Å². The van der Waals surface area contributed by atoms with Crippen LogP contribution in [0.3, 0.4) is 0 Å². The van der Waals surface area contributed by atoms with Gasteiger partial charge in [-0.15, -0.1) is 0 Å². The molecular formula is C23H28F6O5.